The normalized spacial score (nSPS) is 10.5. The van der Waals surface area contributed by atoms with Gasteiger partial charge in [0.05, 0.1) is 0 Å². The Balaban J connectivity index is 2.10. The average Bonchev–Trinajstić information content (AvgIpc) is 2.53. The first kappa shape index (κ1) is 14.3. The first-order valence-corrected chi connectivity index (χ1v) is 7.01. The van der Waals surface area contributed by atoms with Crippen LogP contribution >= 0.6 is 0 Å². The lowest BCUT2D eigenvalue weighted by atomic mass is 10.1. The van der Waals surface area contributed by atoms with Gasteiger partial charge in [0.25, 0.3) is 0 Å². The quantitative estimate of drug-likeness (QED) is 0.595. The van der Waals surface area contributed by atoms with Gasteiger partial charge in [-0.15, -0.1) is 0 Å². The number of nitrogens with zero attached hydrogens (tertiary/aromatic N) is 1. The maximum Gasteiger partial charge on any atom is 0.123 e. The van der Waals surface area contributed by atoms with Crippen molar-refractivity contribution in [2.45, 2.75) is 6.92 Å². The molecule has 0 aromatic heterocycles. The van der Waals surface area contributed by atoms with Gasteiger partial charge in [-0.1, -0.05) is 17.7 Å². The Morgan fingerprint density at radius 3 is 1.23 bits per heavy atom. The van der Waals surface area contributed by atoms with Gasteiger partial charge in [-0.25, -0.2) is 8.78 Å². The molecule has 3 aromatic carbocycles. The standard InChI is InChI=1S/C19H15F2N/c1-14-2-8-17(9-3-14)22(18-10-4-15(20)5-11-18)19-12-6-16(21)7-13-19/h2-13H,1H3. The molecule has 0 atom stereocenters. The molecule has 0 aliphatic carbocycles. The van der Waals surface area contributed by atoms with E-state index < -0.39 is 0 Å². The molecule has 1 nitrogen and oxygen atoms in total. The number of anilines is 3. The van der Waals surface area contributed by atoms with E-state index in [1.165, 1.54) is 24.3 Å². The van der Waals surface area contributed by atoms with Crippen LogP contribution in [0.2, 0.25) is 0 Å². The van der Waals surface area contributed by atoms with Gasteiger partial charge < -0.3 is 4.90 Å². The van der Waals surface area contributed by atoms with Gasteiger partial charge in [-0.05, 0) is 67.6 Å². The van der Waals surface area contributed by atoms with Crippen molar-refractivity contribution < 1.29 is 8.78 Å². The van der Waals surface area contributed by atoms with Gasteiger partial charge in [0.2, 0.25) is 0 Å². The molecule has 0 unspecified atom stereocenters. The van der Waals surface area contributed by atoms with Crippen molar-refractivity contribution in [3.05, 3.63) is 90.0 Å². The van der Waals surface area contributed by atoms with Crippen LogP contribution in [0, 0.1) is 18.6 Å². The lowest BCUT2D eigenvalue weighted by molar-refractivity contribution is 0.628. The molecule has 0 fully saturated rings. The van der Waals surface area contributed by atoms with Crippen LogP contribution in [-0.2, 0) is 0 Å². The van der Waals surface area contributed by atoms with E-state index >= 15 is 0 Å². The number of benzene rings is 3. The number of rotatable bonds is 3. The zero-order valence-electron chi connectivity index (χ0n) is 12.1. The predicted octanol–water partition coefficient (Wildman–Crippen LogP) is 5.74. The van der Waals surface area contributed by atoms with Crippen molar-refractivity contribution in [2.75, 3.05) is 4.90 Å². The zero-order valence-corrected chi connectivity index (χ0v) is 12.1. The Hall–Kier alpha value is -2.68. The maximum absolute atomic E-state index is 13.2. The molecule has 0 aliphatic rings. The molecule has 0 saturated carbocycles. The van der Waals surface area contributed by atoms with Crippen LogP contribution in [0.15, 0.2) is 72.8 Å². The van der Waals surface area contributed by atoms with E-state index in [9.17, 15) is 8.78 Å². The summed E-state index contributed by atoms with van der Waals surface area (Å²) < 4.78 is 26.4. The molecule has 3 rings (SSSR count). The van der Waals surface area contributed by atoms with Crippen LogP contribution in [0.5, 0.6) is 0 Å². The maximum atomic E-state index is 13.2. The Labute approximate surface area is 128 Å². The van der Waals surface area contributed by atoms with Gasteiger partial charge in [-0.3, -0.25) is 0 Å². The van der Waals surface area contributed by atoms with E-state index in [0.717, 1.165) is 22.6 Å². The molecule has 0 heterocycles. The number of hydrogen-bond acceptors (Lipinski definition) is 1. The molecule has 3 heteroatoms. The minimum atomic E-state index is -0.285. The second kappa shape index (κ2) is 5.98. The highest BCUT2D eigenvalue weighted by Crippen LogP contribution is 2.34. The highest BCUT2D eigenvalue weighted by Gasteiger charge is 2.12. The number of hydrogen-bond donors (Lipinski definition) is 0. The summed E-state index contributed by atoms with van der Waals surface area (Å²) in [6, 6.07) is 20.5. The summed E-state index contributed by atoms with van der Waals surface area (Å²) in [4.78, 5) is 1.96. The molecule has 0 saturated heterocycles. The highest BCUT2D eigenvalue weighted by molar-refractivity contribution is 5.76. The van der Waals surface area contributed by atoms with Crippen molar-refractivity contribution in [2.24, 2.45) is 0 Å². The van der Waals surface area contributed by atoms with E-state index in [-0.39, 0.29) is 11.6 Å². The molecule has 0 N–H and O–H groups in total. The summed E-state index contributed by atoms with van der Waals surface area (Å²) in [5.74, 6) is -0.571. The minimum Gasteiger partial charge on any atom is -0.310 e. The Bertz CT molecular complexity index is 639. The fraction of sp³-hybridized carbons (Fsp3) is 0.0526. The fourth-order valence-electron chi connectivity index (χ4n) is 2.32. The van der Waals surface area contributed by atoms with Gasteiger partial charge in [0.1, 0.15) is 11.6 Å². The van der Waals surface area contributed by atoms with Crippen LogP contribution in [0.25, 0.3) is 0 Å². The van der Waals surface area contributed by atoms with Crippen LogP contribution in [0.4, 0.5) is 25.8 Å². The molecule has 110 valence electrons. The van der Waals surface area contributed by atoms with E-state index in [0.29, 0.717) is 0 Å². The van der Waals surface area contributed by atoms with Gasteiger partial charge in [-0.2, -0.15) is 0 Å². The lowest BCUT2D eigenvalue weighted by Gasteiger charge is -2.25. The van der Waals surface area contributed by atoms with Crippen LogP contribution in [0.3, 0.4) is 0 Å². The van der Waals surface area contributed by atoms with E-state index in [4.69, 9.17) is 0 Å². The number of halogens is 2. The Kier molecular flexibility index (Phi) is 3.88. The predicted molar refractivity (Wildman–Crippen MR) is 85.8 cm³/mol. The second-order valence-corrected chi connectivity index (χ2v) is 5.12. The molecular formula is C19H15F2N. The Morgan fingerprint density at radius 1 is 0.545 bits per heavy atom. The molecule has 0 aliphatic heterocycles. The van der Waals surface area contributed by atoms with Crippen molar-refractivity contribution in [1.29, 1.82) is 0 Å². The smallest absolute Gasteiger partial charge is 0.123 e. The summed E-state index contributed by atoms with van der Waals surface area (Å²) in [7, 11) is 0. The number of aryl methyl sites for hydroxylation is 1. The highest BCUT2D eigenvalue weighted by atomic mass is 19.1. The van der Waals surface area contributed by atoms with Crippen molar-refractivity contribution in [1.82, 2.24) is 0 Å². The average molecular weight is 295 g/mol. The zero-order chi connectivity index (χ0) is 15.5. The third-order valence-electron chi connectivity index (χ3n) is 3.46. The molecular weight excluding hydrogens is 280 g/mol. The van der Waals surface area contributed by atoms with Crippen LogP contribution in [-0.4, -0.2) is 0 Å². The molecule has 3 aromatic rings. The van der Waals surface area contributed by atoms with Gasteiger partial charge in [0.15, 0.2) is 0 Å². The topological polar surface area (TPSA) is 3.24 Å². The lowest BCUT2D eigenvalue weighted by Crippen LogP contribution is -2.09. The third-order valence-corrected chi connectivity index (χ3v) is 3.46. The van der Waals surface area contributed by atoms with E-state index in [2.05, 4.69) is 0 Å². The minimum absolute atomic E-state index is 0.285. The summed E-state index contributed by atoms with van der Waals surface area (Å²) in [6.07, 6.45) is 0. The van der Waals surface area contributed by atoms with Crippen molar-refractivity contribution in [3.8, 4) is 0 Å². The molecule has 22 heavy (non-hydrogen) atoms. The van der Waals surface area contributed by atoms with Crippen molar-refractivity contribution in [3.63, 3.8) is 0 Å². The van der Waals surface area contributed by atoms with Gasteiger partial charge >= 0.3 is 0 Å². The Morgan fingerprint density at radius 2 is 0.864 bits per heavy atom. The third kappa shape index (κ3) is 2.98. The molecule has 0 spiro atoms. The second-order valence-electron chi connectivity index (χ2n) is 5.12. The van der Waals surface area contributed by atoms with Crippen LogP contribution < -0.4 is 4.90 Å². The monoisotopic (exact) mass is 295 g/mol. The summed E-state index contributed by atoms with van der Waals surface area (Å²) in [5, 5.41) is 0. The fourth-order valence-corrected chi connectivity index (χ4v) is 2.32. The molecule has 0 radical (unpaired) electrons. The van der Waals surface area contributed by atoms with Crippen molar-refractivity contribution >= 4 is 17.1 Å². The van der Waals surface area contributed by atoms with Gasteiger partial charge in [0, 0.05) is 17.1 Å². The van der Waals surface area contributed by atoms with Crippen LogP contribution in [0.1, 0.15) is 5.56 Å². The summed E-state index contributed by atoms with van der Waals surface area (Å²) in [6.45, 7) is 2.02. The first-order valence-electron chi connectivity index (χ1n) is 7.01. The molecule has 0 amide bonds. The first-order chi connectivity index (χ1) is 10.6. The SMILES string of the molecule is Cc1ccc(N(c2ccc(F)cc2)c2ccc(F)cc2)cc1. The summed E-state index contributed by atoms with van der Waals surface area (Å²) >= 11 is 0. The molecule has 0 bridgehead atoms. The largest absolute Gasteiger partial charge is 0.310 e. The van der Waals surface area contributed by atoms with E-state index in [1.54, 1.807) is 24.3 Å². The summed E-state index contributed by atoms with van der Waals surface area (Å²) in [5.41, 5.74) is 3.72. The van der Waals surface area contributed by atoms with E-state index in [1.807, 2.05) is 36.1 Å².